The highest BCUT2D eigenvalue weighted by atomic mass is 32.2. The smallest absolute Gasteiger partial charge is 0.290 e. The van der Waals surface area contributed by atoms with E-state index in [4.69, 9.17) is 9.84 Å². The first-order valence-corrected chi connectivity index (χ1v) is 5.59. The number of nitrogens with one attached hydrogen (secondary N) is 1. The number of hydrogen-bond acceptors (Lipinski definition) is 5. The number of hydrogen-bond donors (Lipinski definition) is 2. The molecule has 88 valence electrons. The van der Waals surface area contributed by atoms with E-state index in [9.17, 15) is 9.59 Å². The van der Waals surface area contributed by atoms with Gasteiger partial charge < -0.3 is 9.84 Å². The largest absolute Gasteiger partial charge is 0.468 e. The summed E-state index contributed by atoms with van der Waals surface area (Å²) in [5, 5.41) is 10.4. The molecule has 1 aromatic carbocycles. The number of amides is 2. The molecule has 1 aliphatic rings. The molecule has 0 aliphatic carbocycles. The van der Waals surface area contributed by atoms with Crippen LogP contribution in [0.5, 0.6) is 5.75 Å². The molecule has 2 N–H and O–H groups in total. The zero-order valence-corrected chi connectivity index (χ0v) is 9.49. The first-order chi connectivity index (χ1) is 8.19. The summed E-state index contributed by atoms with van der Waals surface area (Å²) in [4.78, 5) is 22.6. The Kier molecular flexibility index (Phi) is 3.46. The summed E-state index contributed by atoms with van der Waals surface area (Å²) < 4.78 is 4.87. The van der Waals surface area contributed by atoms with Crippen molar-refractivity contribution in [2.75, 3.05) is 6.79 Å². The minimum absolute atomic E-state index is 0.360. The predicted octanol–water partition coefficient (Wildman–Crippen LogP) is 1.34. The Hall–Kier alpha value is -1.79. The van der Waals surface area contributed by atoms with Crippen LogP contribution in [0.25, 0.3) is 6.08 Å². The fourth-order valence-corrected chi connectivity index (χ4v) is 1.99. The second kappa shape index (κ2) is 5.03. The van der Waals surface area contributed by atoms with Gasteiger partial charge in [-0.2, -0.15) is 0 Å². The van der Waals surface area contributed by atoms with Crippen molar-refractivity contribution in [2.45, 2.75) is 0 Å². The van der Waals surface area contributed by atoms with Gasteiger partial charge in [-0.05, 0) is 35.5 Å². The average Bonchev–Trinajstić information content (AvgIpc) is 2.61. The van der Waals surface area contributed by atoms with E-state index in [1.807, 2.05) is 0 Å². The van der Waals surface area contributed by atoms with Crippen molar-refractivity contribution >= 4 is 29.0 Å². The van der Waals surface area contributed by atoms with Gasteiger partial charge >= 0.3 is 0 Å². The lowest BCUT2D eigenvalue weighted by Crippen LogP contribution is -2.17. The number of rotatable bonds is 3. The Morgan fingerprint density at radius 2 is 2.00 bits per heavy atom. The van der Waals surface area contributed by atoms with Crippen molar-refractivity contribution in [3.05, 3.63) is 34.7 Å². The van der Waals surface area contributed by atoms with Crippen LogP contribution >= 0.6 is 11.8 Å². The molecule has 0 unspecified atom stereocenters. The Bertz CT molecular complexity index is 481. The molecule has 2 amide bonds. The van der Waals surface area contributed by atoms with Crippen LogP contribution in [0.2, 0.25) is 0 Å². The second-order valence-corrected chi connectivity index (χ2v) is 4.21. The molecule has 0 bridgehead atoms. The molecule has 1 aliphatic heterocycles. The van der Waals surface area contributed by atoms with Crippen LogP contribution in [0.15, 0.2) is 29.2 Å². The first kappa shape index (κ1) is 11.7. The van der Waals surface area contributed by atoms with E-state index < -0.39 is 0 Å². The van der Waals surface area contributed by atoms with E-state index in [1.165, 1.54) is 0 Å². The molecule has 0 saturated carbocycles. The molecule has 6 heteroatoms. The SMILES string of the molecule is O=C1NC(=O)/C(=C\c2ccc(OCO)cc2)S1. The Balaban J connectivity index is 2.16. The molecular formula is C11H9NO4S. The molecule has 0 atom stereocenters. The lowest BCUT2D eigenvalue weighted by Gasteiger charge is -2.01. The summed E-state index contributed by atoms with van der Waals surface area (Å²) in [6.07, 6.45) is 1.62. The molecule has 0 aromatic heterocycles. The van der Waals surface area contributed by atoms with Crippen molar-refractivity contribution < 1.29 is 19.4 Å². The topological polar surface area (TPSA) is 75.6 Å². The number of carbonyl (C=O) groups excluding carboxylic acids is 2. The van der Waals surface area contributed by atoms with Gasteiger partial charge in [-0.1, -0.05) is 12.1 Å². The van der Waals surface area contributed by atoms with Crippen LogP contribution in [0, 0.1) is 0 Å². The normalized spacial score (nSPS) is 17.4. The first-order valence-electron chi connectivity index (χ1n) is 4.77. The van der Waals surface area contributed by atoms with E-state index in [1.54, 1.807) is 30.3 Å². The van der Waals surface area contributed by atoms with Crippen LogP contribution in [0.3, 0.4) is 0 Å². The number of thioether (sulfide) groups is 1. The molecule has 2 rings (SSSR count). The number of benzene rings is 1. The number of ether oxygens (including phenoxy) is 1. The van der Waals surface area contributed by atoms with Crippen LogP contribution in [-0.4, -0.2) is 23.0 Å². The van der Waals surface area contributed by atoms with Crippen molar-refractivity contribution in [1.82, 2.24) is 5.32 Å². The zero-order chi connectivity index (χ0) is 12.3. The number of aliphatic hydroxyl groups excluding tert-OH is 1. The minimum Gasteiger partial charge on any atom is -0.468 e. The summed E-state index contributed by atoms with van der Waals surface area (Å²) in [6, 6.07) is 6.80. The quantitative estimate of drug-likeness (QED) is 0.626. The van der Waals surface area contributed by atoms with Crippen molar-refractivity contribution in [2.24, 2.45) is 0 Å². The summed E-state index contributed by atoms with van der Waals surface area (Å²) in [5.74, 6) is 0.157. The maximum absolute atomic E-state index is 11.3. The lowest BCUT2D eigenvalue weighted by atomic mass is 10.2. The highest BCUT2D eigenvalue weighted by Crippen LogP contribution is 2.26. The number of carbonyl (C=O) groups is 2. The molecule has 1 aromatic rings. The number of aliphatic hydroxyl groups is 1. The van der Waals surface area contributed by atoms with Gasteiger partial charge in [-0.3, -0.25) is 14.9 Å². The summed E-state index contributed by atoms with van der Waals surface area (Å²) in [7, 11) is 0. The van der Waals surface area contributed by atoms with Gasteiger partial charge in [0.2, 0.25) is 0 Å². The van der Waals surface area contributed by atoms with Gasteiger partial charge in [-0.25, -0.2) is 0 Å². The maximum atomic E-state index is 11.3. The van der Waals surface area contributed by atoms with E-state index in [0.717, 1.165) is 17.3 Å². The molecule has 5 nitrogen and oxygen atoms in total. The summed E-state index contributed by atoms with van der Waals surface area (Å²) >= 11 is 0.873. The van der Waals surface area contributed by atoms with Crippen LogP contribution in [-0.2, 0) is 4.79 Å². The molecule has 1 heterocycles. The Morgan fingerprint density at radius 1 is 1.29 bits per heavy atom. The monoisotopic (exact) mass is 251 g/mol. The van der Waals surface area contributed by atoms with E-state index >= 15 is 0 Å². The van der Waals surface area contributed by atoms with E-state index in [-0.39, 0.29) is 17.9 Å². The molecule has 17 heavy (non-hydrogen) atoms. The van der Waals surface area contributed by atoms with Gasteiger partial charge in [0, 0.05) is 0 Å². The molecule has 0 radical (unpaired) electrons. The summed E-state index contributed by atoms with van der Waals surface area (Å²) in [6.45, 7) is -0.382. The minimum atomic E-state index is -0.382. The van der Waals surface area contributed by atoms with Crippen molar-refractivity contribution in [3.8, 4) is 5.75 Å². The molecule has 1 fully saturated rings. The van der Waals surface area contributed by atoms with Crippen molar-refractivity contribution in [3.63, 3.8) is 0 Å². The van der Waals surface area contributed by atoms with Crippen molar-refractivity contribution in [1.29, 1.82) is 0 Å². The van der Waals surface area contributed by atoms with Crippen LogP contribution in [0.1, 0.15) is 5.56 Å². The second-order valence-electron chi connectivity index (χ2n) is 3.19. The van der Waals surface area contributed by atoms with Gasteiger partial charge in [0.15, 0.2) is 6.79 Å². The van der Waals surface area contributed by atoms with Gasteiger partial charge in [-0.15, -0.1) is 0 Å². The Morgan fingerprint density at radius 3 is 2.53 bits per heavy atom. The molecular weight excluding hydrogens is 242 g/mol. The highest BCUT2D eigenvalue weighted by Gasteiger charge is 2.24. The van der Waals surface area contributed by atoms with E-state index in [2.05, 4.69) is 5.32 Å². The number of imide groups is 1. The standard InChI is InChI=1S/C11H9NO4S/c13-6-16-8-3-1-7(2-4-8)5-9-10(14)12-11(15)17-9/h1-5,13H,6H2,(H,12,14,15)/b9-5+. The fraction of sp³-hybridized carbons (Fsp3) is 0.0909. The lowest BCUT2D eigenvalue weighted by molar-refractivity contribution is -0.115. The predicted molar refractivity (Wildman–Crippen MR) is 63.3 cm³/mol. The zero-order valence-electron chi connectivity index (χ0n) is 8.67. The maximum Gasteiger partial charge on any atom is 0.290 e. The third-order valence-corrected chi connectivity index (χ3v) is 2.86. The molecule has 1 saturated heterocycles. The van der Waals surface area contributed by atoms with Gasteiger partial charge in [0.25, 0.3) is 11.1 Å². The molecule has 0 spiro atoms. The van der Waals surface area contributed by atoms with Gasteiger partial charge in [0.05, 0.1) is 4.91 Å². The van der Waals surface area contributed by atoms with Gasteiger partial charge in [0.1, 0.15) is 5.75 Å². The highest BCUT2D eigenvalue weighted by molar-refractivity contribution is 8.18. The van der Waals surface area contributed by atoms with Crippen LogP contribution < -0.4 is 10.1 Å². The summed E-state index contributed by atoms with van der Waals surface area (Å²) in [5.41, 5.74) is 0.780. The van der Waals surface area contributed by atoms with Crippen LogP contribution in [0.4, 0.5) is 4.79 Å². The third-order valence-electron chi connectivity index (χ3n) is 2.05. The fourth-order valence-electron chi connectivity index (χ4n) is 1.31. The Labute approximate surface area is 101 Å². The third kappa shape index (κ3) is 2.86. The average molecular weight is 251 g/mol. The van der Waals surface area contributed by atoms with E-state index in [0.29, 0.717) is 10.7 Å².